The van der Waals surface area contributed by atoms with E-state index in [-0.39, 0.29) is 70.7 Å². The molecule has 1 aromatic heterocycles. The van der Waals surface area contributed by atoms with Crippen molar-refractivity contribution in [2.24, 2.45) is 45.1 Å². The van der Waals surface area contributed by atoms with Gasteiger partial charge >= 0.3 is 5.97 Å². The van der Waals surface area contributed by atoms with E-state index in [0.717, 1.165) is 11.3 Å². The van der Waals surface area contributed by atoms with Gasteiger partial charge < -0.3 is 92.5 Å². The monoisotopic (exact) mass is 1020 g/mol. The van der Waals surface area contributed by atoms with Gasteiger partial charge in [-0.25, -0.2) is 4.79 Å². The van der Waals surface area contributed by atoms with Crippen LogP contribution in [0.25, 0.3) is 0 Å². The first kappa shape index (κ1) is 60.8. The number of carboxylic acids is 1. The van der Waals surface area contributed by atoms with Crippen LogP contribution in [0.1, 0.15) is 88.5 Å². The molecular weight excluding hydrogens is 949 g/mol. The number of carbonyl (C=O) groups excluding carboxylic acids is 8. The van der Waals surface area contributed by atoms with E-state index in [9.17, 15) is 53.4 Å². The first-order valence-corrected chi connectivity index (χ1v) is 24.3. The van der Waals surface area contributed by atoms with E-state index in [1.54, 1.807) is 17.5 Å². The second-order valence-electron chi connectivity index (χ2n) is 16.7. The molecule has 28 heteroatoms. The molecule has 2 unspecified atom stereocenters. The molecule has 0 aromatic carbocycles. The van der Waals surface area contributed by atoms with Crippen molar-refractivity contribution in [3.8, 4) is 0 Å². The Balaban J connectivity index is 2.18. The zero-order valence-electron chi connectivity index (χ0n) is 40.1. The molecule has 1 aliphatic heterocycles. The third-order valence-corrected chi connectivity index (χ3v) is 12.0. The second kappa shape index (κ2) is 32.6. The lowest BCUT2D eigenvalue weighted by atomic mass is 10.1. The normalized spacial score (nSPS) is 16.4. The number of unbranched alkanes of at least 4 members (excludes halogenated alkanes) is 2. The van der Waals surface area contributed by atoms with Crippen LogP contribution >= 0.6 is 11.3 Å². The summed E-state index contributed by atoms with van der Waals surface area (Å²) in [6.07, 6.45) is 3.05. The Labute approximate surface area is 416 Å². The van der Waals surface area contributed by atoms with E-state index in [2.05, 4.69) is 42.2 Å². The van der Waals surface area contributed by atoms with Gasteiger partial charge in [0.1, 0.15) is 41.9 Å². The number of likely N-dealkylation sites (tertiary alicyclic amines) is 1. The lowest BCUT2D eigenvalue weighted by Gasteiger charge is -2.30. The molecule has 0 radical (unpaired) electrons. The van der Waals surface area contributed by atoms with Gasteiger partial charge in [0.2, 0.25) is 47.3 Å². The van der Waals surface area contributed by atoms with Crippen molar-refractivity contribution in [2.75, 3.05) is 45.8 Å². The summed E-state index contributed by atoms with van der Waals surface area (Å²) in [5.74, 6) is -7.91. The van der Waals surface area contributed by atoms with Crippen LogP contribution in [0.5, 0.6) is 0 Å². The van der Waals surface area contributed by atoms with Crippen molar-refractivity contribution < 1.29 is 53.4 Å². The molecule has 2 heterocycles. The van der Waals surface area contributed by atoms with Crippen molar-refractivity contribution in [2.45, 2.75) is 126 Å². The van der Waals surface area contributed by atoms with Gasteiger partial charge in [-0.15, -0.1) is 11.3 Å². The summed E-state index contributed by atoms with van der Waals surface area (Å²) in [6.45, 7) is 1.24. The van der Waals surface area contributed by atoms with Crippen LogP contribution in [0.4, 0.5) is 0 Å². The van der Waals surface area contributed by atoms with Crippen LogP contribution in [0.15, 0.2) is 34.3 Å². The van der Waals surface area contributed by atoms with Crippen molar-refractivity contribution in [3.63, 3.8) is 0 Å². The van der Waals surface area contributed by atoms with Crippen LogP contribution in [-0.2, 0) is 43.2 Å². The standard InChI is InChI=1S/C43H74N16O11S/c1-24(53-39(66)33(30(60)22-47)57-36(63)25(48)10-2-4-16-44)35(62)52-23-32(61)54-27(12-6-18-46)41(68)59-20-8-14-29(59)38(65)58-34(31-15-9-21-71-31)40(67)55-26(11-3-5-17-45)37(64)56-28(42(69)70)13-7-19-51-43(49)50/h9,13,15,21,24-27,29-30,33-34,60H,2-8,10-12,14,16-20,22-23,44-48H2,1H3,(H,52,62)(H,53,66)(H,54,61)(H,55,67)(H,56,64)(H,57,63)(H,58,65)(H,69,70)(H4,49,50,51)/b28-13-/t24?,25-,26-,27+,29-,30-,33+,34?/m0/s1. The van der Waals surface area contributed by atoms with E-state index < -0.39 is 120 Å². The van der Waals surface area contributed by atoms with Gasteiger partial charge in [-0.1, -0.05) is 18.6 Å². The number of aliphatic hydroxyl groups excluding tert-OH is 1. The summed E-state index contributed by atoms with van der Waals surface area (Å²) >= 11 is 1.14. The highest BCUT2D eigenvalue weighted by Gasteiger charge is 2.40. The topological polar surface area (TPSA) is 476 Å². The number of nitrogens with zero attached hydrogens (tertiary/aromatic N) is 2. The summed E-state index contributed by atoms with van der Waals surface area (Å²) in [4.78, 5) is 125. The van der Waals surface area contributed by atoms with Crippen LogP contribution in [-0.4, -0.2) is 162 Å². The lowest BCUT2D eigenvalue weighted by Crippen LogP contribution is -2.60. The summed E-state index contributed by atoms with van der Waals surface area (Å²) in [5, 5.41) is 39.2. The number of nitrogens with two attached hydrogens (primary N) is 7. The predicted octanol–water partition coefficient (Wildman–Crippen LogP) is -5.64. The highest BCUT2D eigenvalue weighted by atomic mass is 32.1. The van der Waals surface area contributed by atoms with Crippen molar-refractivity contribution in [3.05, 3.63) is 34.2 Å². The molecule has 1 aromatic rings. The minimum atomic E-state index is -1.56. The molecule has 71 heavy (non-hydrogen) atoms. The third kappa shape index (κ3) is 21.3. The third-order valence-electron chi connectivity index (χ3n) is 11.1. The number of aliphatic imine (C=N–C) groups is 1. The molecule has 8 amide bonds. The predicted molar refractivity (Wildman–Crippen MR) is 263 cm³/mol. The van der Waals surface area contributed by atoms with E-state index in [1.165, 1.54) is 17.9 Å². The number of thiophene rings is 1. The number of hydrogen-bond acceptors (Lipinski definition) is 17. The Morgan fingerprint density at radius 3 is 2.08 bits per heavy atom. The summed E-state index contributed by atoms with van der Waals surface area (Å²) in [7, 11) is 0. The maximum absolute atomic E-state index is 14.1. The fourth-order valence-corrected chi connectivity index (χ4v) is 7.95. The number of aliphatic hydroxyl groups is 1. The van der Waals surface area contributed by atoms with Crippen LogP contribution in [0, 0.1) is 0 Å². The molecule has 1 aliphatic rings. The van der Waals surface area contributed by atoms with E-state index >= 15 is 0 Å². The lowest BCUT2D eigenvalue weighted by molar-refractivity contribution is -0.142. The zero-order chi connectivity index (χ0) is 53.0. The van der Waals surface area contributed by atoms with Gasteiger partial charge in [0, 0.05) is 24.5 Å². The Morgan fingerprint density at radius 1 is 0.817 bits per heavy atom. The van der Waals surface area contributed by atoms with Gasteiger partial charge in [0.25, 0.3) is 0 Å². The molecule has 8 atom stereocenters. The Hall–Kier alpha value is -6.30. The smallest absolute Gasteiger partial charge is 0.352 e. The number of guanidine groups is 1. The van der Waals surface area contributed by atoms with E-state index in [4.69, 9.17) is 40.1 Å². The number of hydrogen-bond donors (Lipinski definition) is 16. The van der Waals surface area contributed by atoms with Gasteiger partial charge in [0.15, 0.2) is 5.96 Å². The van der Waals surface area contributed by atoms with E-state index in [1.807, 2.05) is 0 Å². The molecule has 1 saturated heterocycles. The number of aliphatic carboxylic acids is 1. The molecule has 2 rings (SSSR count). The van der Waals surface area contributed by atoms with Gasteiger partial charge in [-0.3, -0.25) is 43.3 Å². The van der Waals surface area contributed by atoms with Crippen LogP contribution in [0.3, 0.4) is 0 Å². The first-order chi connectivity index (χ1) is 33.8. The minimum Gasteiger partial charge on any atom is -0.477 e. The number of carboxylic acid groups (broad SMARTS) is 1. The fourth-order valence-electron chi connectivity index (χ4n) is 7.18. The van der Waals surface area contributed by atoms with Crippen molar-refractivity contribution >= 4 is 70.5 Å². The van der Waals surface area contributed by atoms with Gasteiger partial charge in [-0.05, 0) is 102 Å². The average molecular weight is 1020 g/mol. The SMILES string of the molecule is CC(NC(=O)[C@H](NC(=O)[C@@H](N)CCCCN)[C@@H](O)CN)C(=O)NCC(=O)N[C@H](CCCN)C(=O)N1CCC[C@H]1C(=O)NC(C(=O)N[C@@H](CCCCN)C(=O)N/C(=C\CCN=C(N)N)C(=O)O)c1cccs1. The molecule has 27 nitrogen and oxygen atoms in total. The Kier molecular flexibility index (Phi) is 27.9. The maximum atomic E-state index is 14.1. The molecule has 23 N–H and O–H groups in total. The summed E-state index contributed by atoms with van der Waals surface area (Å²) < 4.78 is 0. The highest BCUT2D eigenvalue weighted by Crippen LogP contribution is 2.24. The molecule has 398 valence electrons. The molecule has 0 spiro atoms. The zero-order valence-corrected chi connectivity index (χ0v) is 40.9. The summed E-state index contributed by atoms with van der Waals surface area (Å²) in [5.41, 5.74) is 38.6. The van der Waals surface area contributed by atoms with Crippen molar-refractivity contribution in [1.82, 2.24) is 42.1 Å². The van der Waals surface area contributed by atoms with Gasteiger partial charge in [-0.2, -0.15) is 0 Å². The first-order valence-electron chi connectivity index (χ1n) is 23.5. The average Bonchev–Trinajstić information content (AvgIpc) is 4.07. The molecule has 0 saturated carbocycles. The van der Waals surface area contributed by atoms with Crippen LogP contribution in [0.2, 0.25) is 0 Å². The summed E-state index contributed by atoms with van der Waals surface area (Å²) in [6, 6.07) is -5.51. The maximum Gasteiger partial charge on any atom is 0.352 e. The Morgan fingerprint density at radius 2 is 1.48 bits per heavy atom. The highest BCUT2D eigenvalue weighted by molar-refractivity contribution is 7.10. The van der Waals surface area contributed by atoms with Crippen molar-refractivity contribution in [1.29, 1.82) is 0 Å². The number of carbonyl (C=O) groups is 9. The number of amides is 8. The number of nitrogens with one attached hydrogen (secondary N) is 7. The Bertz CT molecular complexity index is 1990. The van der Waals surface area contributed by atoms with Crippen LogP contribution < -0.4 is 77.4 Å². The van der Waals surface area contributed by atoms with E-state index in [0.29, 0.717) is 43.5 Å². The quantitative estimate of drug-likeness (QED) is 0.0135. The fraction of sp³-hybridized carbons (Fsp3) is 0.628. The molecular formula is C43H74N16O11S. The minimum absolute atomic E-state index is 0.0496. The molecule has 0 bridgehead atoms. The molecule has 0 aliphatic carbocycles. The molecule has 1 fully saturated rings. The second-order valence-corrected chi connectivity index (χ2v) is 17.7. The van der Waals surface area contributed by atoms with Gasteiger partial charge in [0.05, 0.1) is 18.7 Å². The largest absolute Gasteiger partial charge is 0.477 e. The number of rotatable bonds is 33.